The van der Waals surface area contributed by atoms with Crippen LogP contribution in [-0.4, -0.2) is 46.6 Å². The van der Waals surface area contributed by atoms with Gasteiger partial charge in [0.25, 0.3) is 0 Å². The van der Waals surface area contributed by atoms with Gasteiger partial charge in [-0.2, -0.15) is 0 Å². The first-order valence-corrected chi connectivity index (χ1v) is 12.7. The summed E-state index contributed by atoms with van der Waals surface area (Å²) >= 11 is 0. The first-order chi connectivity index (χ1) is 12.9. The van der Waals surface area contributed by atoms with Crippen molar-refractivity contribution in [1.82, 2.24) is 0 Å². The molecule has 6 nitrogen and oxygen atoms in total. The number of rotatable bonds is 4. The van der Waals surface area contributed by atoms with E-state index < -0.39 is 23.2 Å². The quantitative estimate of drug-likeness (QED) is 0.571. The molecule has 2 fully saturated rings. The van der Waals surface area contributed by atoms with E-state index in [4.69, 9.17) is 27.3 Å². The second-order valence-electron chi connectivity index (χ2n) is 12.0. The van der Waals surface area contributed by atoms with Crippen LogP contribution < -0.4 is 0 Å². The largest absolute Gasteiger partial charge is 0.630 e. The Balaban J connectivity index is 2.38. The zero-order valence-corrected chi connectivity index (χ0v) is 21.7. The van der Waals surface area contributed by atoms with Crippen LogP contribution >= 0.6 is 0 Å². The van der Waals surface area contributed by atoms with Crippen molar-refractivity contribution in [2.24, 2.45) is 0 Å². The molecule has 9 heteroatoms. The van der Waals surface area contributed by atoms with Gasteiger partial charge in [-0.15, -0.1) is 0 Å². The maximum Gasteiger partial charge on any atom is 0.630 e. The molecule has 0 spiro atoms. The van der Waals surface area contributed by atoms with E-state index in [1.807, 2.05) is 0 Å². The van der Waals surface area contributed by atoms with Gasteiger partial charge >= 0.3 is 23.2 Å². The van der Waals surface area contributed by atoms with Gasteiger partial charge in [-0.25, -0.2) is 0 Å². The Labute approximate surface area is 180 Å². The van der Waals surface area contributed by atoms with E-state index in [0.717, 1.165) is 12.8 Å². The number of hydrogen-bond acceptors (Lipinski definition) is 6. The van der Waals surface area contributed by atoms with E-state index in [1.54, 1.807) is 0 Å². The highest BCUT2D eigenvalue weighted by Crippen LogP contribution is 2.53. The lowest BCUT2D eigenvalue weighted by molar-refractivity contribution is -0.0691. The Bertz CT molecular complexity index is 522. The molecule has 168 valence electrons. The van der Waals surface area contributed by atoms with Crippen LogP contribution in [0.5, 0.6) is 0 Å². The van der Waals surface area contributed by atoms with Crippen LogP contribution in [0.1, 0.15) is 95.9 Å². The van der Waals surface area contributed by atoms with Gasteiger partial charge in [0, 0.05) is 22.3 Å². The minimum Gasteiger partial charge on any atom is -0.406 e. The van der Waals surface area contributed by atoms with Crippen LogP contribution in [0, 0.1) is 0 Å². The normalized spacial score (nSPS) is 28.6. The SMILES string of the molecule is CC1CC(C)(C)OB(O[Si](OB2OC(C)CC(C)(C)O2)(C(C)(C)C)C(C)(C)C)O1. The van der Waals surface area contributed by atoms with Crippen molar-refractivity contribution in [3.8, 4) is 0 Å². The predicted octanol–water partition coefficient (Wildman–Crippen LogP) is 5.24. The highest BCUT2D eigenvalue weighted by Gasteiger charge is 2.63. The van der Waals surface area contributed by atoms with Crippen LogP contribution in [0.15, 0.2) is 0 Å². The molecule has 0 aromatic rings. The van der Waals surface area contributed by atoms with Crippen LogP contribution in [0.2, 0.25) is 10.1 Å². The summed E-state index contributed by atoms with van der Waals surface area (Å²) in [7, 11) is -4.63. The van der Waals surface area contributed by atoms with E-state index in [1.165, 1.54) is 0 Å². The molecule has 2 rings (SSSR count). The average Bonchev–Trinajstić information content (AvgIpc) is 2.39. The lowest BCUT2D eigenvalue weighted by atomic mass is 9.95. The standard InChI is InChI=1S/C20H42B2O6Si/c1-15-13-19(9,10)25-21(23-15)27-29(17(3,4)5,18(6,7)8)28-22-24-16(2)14-20(11,12)26-22/h15-16H,13-14H2,1-12H3. The fourth-order valence-corrected chi connectivity index (χ4v) is 9.24. The van der Waals surface area contributed by atoms with Gasteiger partial charge in [-0.05, 0) is 54.4 Å². The molecule has 0 saturated carbocycles. The van der Waals surface area contributed by atoms with Gasteiger partial charge in [0.2, 0.25) is 0 Å². The van der Waals surface area contributed by atoms with E-state index >= 15 is 0 Å². The summed E-state index contributed by atoms with van der Waals surface area (Å²) in [4.78, 5) is 0. The zero-order valence-electron chi connectivity index (χ0n) is 20.7. The molecule has 0 radical (unpaired) electrons. The minimum absolute atomic E-state index is 0.0384. The smallest absolute Gasteiger partial charge is 0.406 e. The minimum atomic E-state index is -3.06. The molecule has 2 unspecified atom stereocenters. The van der Waals surface area contributed by atoms with Gasteiger partial charge in [-0.1, -0.05) is 41.5 Å². The monoisotopic (exact) mass is 428 g/mol. The molecule has 2 aliphatic heterocycles. The first kappa shape index (κ1) is 25.4. The van der Waals surface area contributed by atoms with Crippen LogP contribution in [0.25, 0.3) is 0 Å². The molecule has 2 aliphatic rings. The van der Waals surface area contributed by atoms with Crippen molar-refractivity contribution in [3.05, 3.63) is 0 Å². The Morgan fingerprint density at radius 1 is 0.724 bits per heavy atom. The topological polar surface area (TPSA) is 55.4 Å². The molecule has 0 bridgehead atoms. The number of hydrogen-bond donors (Lipinski definition) is 0. The summed E-state index contributed by atoms with van der Waals surface area (Å²) in [6.07, 6.45) is 1.70. The Morgan fingerprint density at radius 3 is 1.28 bits per heavy atom. The van der Waals surface area contributed by atoms with Gasteiger partial charge in [0.05, 0.1) is 11.2 Å². The van der Waals surface area contributed by atoms with Crippen LogP contribution in [0.4, 0.5) is 0 Å². The maximum absolute atomic E-state index is 6.73. The Kier molecular flexibility index (Phi) is 7.20. The molecule has 0 aliphatic carbocycles. The fraction of sp³-hybridized carbons (Fsp3) is 1.00. The van der Waals surface area contributed by atoms with Crippen LogP contribution in [-0.2, 0) is 27.3 Å². The fourth-order valence-electron chi connectivity index (χ4n) is 4.77. The summed E-state index contributed by atoms with van der Waals surface area (Å²) in [6, 6.07) is 0. The summed E-state index contributed by atoms with van der Waals surface area (Å²) in [5.41, 5.74) is -0.654. The summed E-state index contributed by atoms with van der Waals surface area (Å²) in [5.74, 6) is 0. The molecule has 0 aromatic heterocycles. The van der Waals surface area contributed by atoms with E-state index in [0.29, 0.717) is 0 Å². The van der Waals surface area contributed by atoms with Crippen molar-refractivity contribution in [1.29, 1.82) is 0 Å². The lowest BCUT2D eigenvalue weighted by Gasteiger charge is -2.53. The third kappa shape index (κ3) is 6.09. The first-order valence-electron chi connectivity index (χ1n) is 10.9. The van der Waals surface area contributed by atoms with E-state index in [-0.39, 0.29) is 33.5 Å². The van der Waals surface area contributed by atoms with Gasteiger partial charge < -0.3 is 27.3 Å². The molecular formula is C20H42B2O6Si. The lowest BCUT2D eigenvalue weighted by Crippen LogP contribution is -2.66. The Morgan fingerprint density at radius 2 is 1.03 bits per heavy atom. The van der Waals surface area contributed by atoms with E-state index in [2.05, 4.69) is 83.1 Å². The summed E-state index contributed by atoms with van der Waals surface area (Å²) in [6.45, 7) is 25.3. The molecule has 29 heavy (non-hydrogen) atoms. The van der Waals surface area contributed by atoms with Gasteiger partial charge in [0.1, 0.15) is 0 Å². The molecule has 2 saturated heterocycles. The van der Waals surface area contributed by atoms with Gasteiger partial charge in [-0.3, -0.25) is 0 Å². The highest BCUT2D eigenvalue weighted by molar-refractivity contribution is 6.81. The van der Waals surface area contributed by atoms with Crippen molar-refractivity contribution in [2.75, 3.05) is 0 Å². The molecule has 2 heterocycles. The summed E-state index contributed by atoms with van der Waals surface area (Å²) in [5, 5.41) is -0.583. The predicted molar refractivity (Wildman–Crippen MR) is 120 cm³/mol. The van der Waals surface area contributed by atoms with Gasteiger partial charge in [0.15, 0.2) is 0 Å². The molecule has 0 N–H and O–H groups in total. The third-order valence-corrected chi connectivity index (χ3v) is 10.6. The molecule has 0 aromatic carbocycles. The third-order valence-electron chi connectivity index (χ3n) is 5.57. The van der Waals surface area contributed by atoms with Crippen LogP contribution in [0.3, 0.4) is 0 Å². The zero-order chi connectivity index (χ0) is 22.5. The van der Waals surface area contributed by atoms with Crippen molar-refractivity contribution in [2.45, 2.75) is 129 Å². The van der Waals surface area contributed by atoms with Crippen molar-refractivity contribution in [3.63, 3.8) is 0 Å². The highest BCUT2D eigenvalue weighted by atomic mass is 28.4. The molecule has 2 atom stereocenters. The van der Waals surface area contributed by atoms with Crippen molar-refractivity contribution >= 4 is 23.2 Å². The van der Waals surface area contributed by atoms with E-state index in [9.17, 15) is 0 Å². The second kappa shape index (κ2) is 8.23. The maximum atomic E-state index is 6.73. The Hall–Kier alpha value is 0.107. The van der Waals surface area contributed by atoms with Crippen molar-refractivity contribution < 1.29 is 27.3 Å². The molecule has 0 amide bonds. The molecular weight excluding hydrogens is 386 g/mol. The second-order valence-corrected chi connectivity index (χ2v) is 16.7. The average molecular weight is 428 g/mol. The summed E-state index contributed by atoms with van der Waals surface area (Å²) < 4.78 is 37.9.